The van der Waals surface area contributed by atoms with Crippen molar-refractivity contribution >= 4 is 10.9 Å². The summed E-state index contributed by atoms with van der Waals surface area (Å²) in [5.41, 5.74) is 2.04. The Labute approximate surface area is 87.3 Å². The van der Waals surface area contributed by atoms with Gasteiger partial charge in [-0.25, -0.2) is 0 Å². The number of aryl methyl sites for hydroxylation is 1. The van der Waals surface area contributed by atoms with Crippen LogP contribution < -0.4 is 0 Å². The van der Waals surface area contributed by atoms with Gasteiger partial charge in [-0.15, -0.1) is 29.7 Å². The Bertz CT molecular complexity index is 384. The van der Waals surface area contributed by atoms with Gasteiger partial charge in [0.1, 0.15) is 0 Å². The van der Waals surface area contributed by atoms with Crippen LogP contribution in [0.15, 0.2) is 30.3 Å². The number of aromatic nitrogens is 1. The zero-order valence-corrected chi connectivity index (χ0v) is 8.80. The fourth-order valence-corrected chi connectivity index (χ4v) is 1.10. The van der Waals surface area contributed by atoms with Gasteiger partial charge in [-0.2, -0.15) is 0 Å². The second-order valence-electron chi connectivity index (χ2n) is 2.56. The number of hydrogen-bond donors (Lipinski definition) is 0. The predicted octanol–water partition coefficient (Wildman–Crippen LogP) is 2.34. The molecule has 2 rings (SSSR count). The minimum absolute atomic E-state index is 0. The van der Waals surface area contributed by atoms with E-state index in [1.807, 2.05) is 37.3 Å². The van der Waals surface area contributed by atoms with Crippen molar-refractivity contribution in [3.05, 3.63) is 42.1 Å². The van der Waals surface area contributed by atoms with Gasteiger partial charge in [-0.1, -0.05) is 19.1 Å². The van der Waals surface area contributed by atoms with Gasteiger partial charge in [0.05, 0.1) is 0 Å². The van der Waals surface area contributed by atoms with Crippen molar-refractivity contribution in [3.8, 4) is 0 Å². The van der Waals surface area contributed by atoms with Crippen LogP contribution in [-0.4, -0.2) is 4.98 Å². The molecule has 0 aliphatic rings. The molecule has 1 nitrogen and oxygen atoms in total. The first kappa shape index (κ1) is 9.46. The minimum atomic E-state index is 0. The Hall–Kier alpha value is -0.630. The van der Waals surface area contributed by atoms with Gasteiger partial charge in [-0.3, -0.25) is 0 Å². The summed E-state index contributed by atoms with van der Waals surface area (Å²) >= 11 is 0. The molecule has 2 aromatic rings. The number of benzene rings is 1. The van der Waals surface area contributed by atoms with E-state index in [1.165, 1.54) is 0 Å². The van der Waals surface area contributed by atoms with Crippen molar-refractivity contribution in [3.63, 3.8) is 0 Å². The molecule has 0 unspecified atom stereocenters. The summed E-state index contributed by atoms with van der Waals surface area (Å²) in [6.45, 7) is 1.98. The van der Waals surface area contributed by atoms with Crippen LogP contribution in [0.2, 0.25) is 0 Å². The quantitative estimate of drug-likeness (QED) is 0.530. The average molecular weight is 339 g/mol. The molecule has 0 bridgehead atoms. The largest absolute Gasteiger partial charge is 1.00 e. The maximum Gasteiger partial charge on any atom is 1.00 e. The van der Waals surface area contributed by atoms with E-state index in [0.29, 0.717) is 0 Å². The smallest absolute Gasteiger partial charge is 0.349 e. The monoisotopic (exact) mass is 339 g/mol. The molecular weight excluding hydrogens is 331 g/mol. The molecule has 64 valence electrons. The van der Waals surface area contributed by atoms with Crippen LogP contribution in [-0.2, 0) is 22.4 Å². The topological polar surface area (TPSA) is 12.9 Å². The maximum atomic E-state index is 4.34. The third-order valence-electron chi connectivity index (χ3n) is 1.64. The van der Waals surface area contributed by atoms with Crippen LogP contribution in [0.1, 0.15) is 5.69 Å². The molecule has 0 aliphatic carbocycles. The summed E-state index contributed by atoms with van der Waals surface area (Å²) in [6, 6.07) is 13.1. The fourth-order valence-electron chi connectivity index (χ4n) is 1.10. The predicted molar refractivity (Wildman–Crippen MR) is 45.3 cm³/mol. The third-order valence-corrected chi connectivity index (χ3v) is 1.64. The molecule has 0 N–H and O–H groups in total. The minimum Gasteiger partial charge on any atom is -0.349 e. The standard InChI is InChI=1S/C10H8N.Au/c1-8-6-7-9-4-2-3-5-10(9)11-8;/h2-6H,1H3;/q-1;+1. The second-order valence-corrected chi connectivity index (χ2v) is 2.56. The molecule has 1 aromatic heterocycles. The molecule has 0 spiro atoms. The third kappa shape index (κ3) is 1.75. The molecule has 0 radical (unpaired) electrons. The van der Waals surface area contributed by atoms with Crippen LogP contribution in [0.3, 0.4) is 0 Å². The van der Waals surface area contributed by atoms with E-state index in [4.69, 9.17) is 0 Å². The maximum absolute atomic E-state index is 4.34. The number of fused-ring (bicyclic) bond motifs is 1. The SMILES string of the molecule is Cc1c[c-]c2ccccc2n1.[Au+]. The van der Waals surface area contributed by atoms with Gasteiger partial charge in [0, 0.05) is 0 Å². The van der Waals surface area contributed by atoms with E-state index in [2.05, 4.69) is 11.1 Å². The first-order valence-electron chi connectivity index (χ1n) is 3.60. The van der Waals surface area contributed by atoms with Crippen LogP contribution in [0, 0.1) is 13.0 Å². The number of nitrogens with zero attached hydrogens (tertiary/aromatic N) is 1. The number of hydrogen-bond acceptors (Lipinski definition) is 1. The van der Waals surface area contributed by atoms with E-state index in [-0.39, 0.29) is 22.4 Å². The van der Waals surface area contributed by atoms with Crippen molar-refractivity contribution in [2.45, 2.75) is 6.92 Å². The Morgan fingerprint density at radius 2 is 2.00 bits per heavy atom. The van der Waals surface area contributed by atoms with Crippen LogP contribution >= 0.6 is 0 Å². The first-order chi connectivity index (χ1) is 5.36. The first-order valence-corrected chi connectivity index (χ1v) is 3.60. The Morgan fingerprint density at radius 3 is 2.83 bits per heavy atom. The molecule has 0 aliphatic heterocycles. The van der Waals surface area contributed by atoms with Crippen molar-refractivity contribution in [2.75, 3.05) is 0 Å². The Balaban J connectivity index is 0.000000720. The van der Waals surface area contributed by atoms with E-state index >= 15 is 0 Å². The van der Waals surface area contributed by atoms with E-state index in [0.717, 1.165) is 16.6 Å². The molecule has 2 heteroatoms. The van der Waals surface area contributed by atoms with Gasteiger partial charge in [-0.05, 0) is 11.2 Å². The van der Waals surface area contributed by atoms with Gasteiger partial charge in [0.2, 0.25) is 0 Å². The summed E-state index contributed by atoms with van der Waals surface area (Å²) in [4.78, 5) is 4.34. The van der Waals surface area contributed by atoms with Gasteiger partial charge in [0.15, 0.2) is 0 Å². The van der Waals surface area contributed by atoms with Crippen molar-refractivity contribution < 1.29 is 22.4 Å². The average Bonchev–Trinajstić information content (AvgIpc) is 2.04. The van der Waals surface area contributed by atoms with Crippen molar-refractivity contribution in [1.29, 1.82) is 0 Å². The number of para-hydroxylation sites is 1. The van der Waals surface area contributed by atoms with E-state index < -0.39 is 0 Å². The van der Waals surface area contributed by atoms with E-state index in [9.17, 15) is 0 Å². The van der Waals surface area contributed by atoms with E-state index in [1.54, 1.807) is 0 Å². The molecular formula is C10H8AuN. The Kier molecular flexibility index (Phi) is 3.04. The number of pyridine rings is 1. The molecule has 0 saturated carbocycles. The molecule has 0 atom stereocenters. The summed E-state index contributed by atoms with van der Waals surface area (Å²) in [5, 5.41) is 1.08. The second kappa shape index (κ2) is 3.85. The summed E-state index contributed by atoms with van der Waals surface area (Å²) in [5.74, 6) is 0. The van der Waals surface area contributed by atoms with Gasteiger partial charge < -0.3 is 4.98 Å². The summed E-state index contributed by atoms with van der Waals surface area (Å²) in [6.07, 6.45) is 0. The zero-order valence-electron chi connectivity index (χ0n) is 6.64. The molecule has 1 aromatic carbocycles. The molecule has 0 amide bonds. The van der Waals surface area contributed by atoms with Gasteiger partial charge >= 0.3 is 22.4 Å². The van der Waals surface area contributed by atoms with Crippen LogP contribution in [0.5, 0.6) is 0 Å². The summed E-state index contributed by atoms with van der Waals surface area (Å²) < 4.78 is 0. The normalized spacial score (nSPS) is 9.42. The molecule has 12 heavy (non-hydrogen) atoms. The Morgan fingerprint density at radius 1 is 1.25 bits per heavy atom. The number of rotatable bonds is 0. The summed E-state index contributed by atoms with van der Waals surface area (Å²) in [7, 11) is 0. The van der Waals surface area contributed by atoms with Crippen molar-refractivity contribution in [2.24, 2.45) is 0 Å². The fraction of sp³-hybridized carbons (Fsp3) is 0.100. The van der Waals surface area contributed by atoms with Crippen LogP contribution in [0.25, 0.3) is 10.9 Å². The zero-order chi connectivity index (χ0) is 7.68. The molecule has 1 heterocycles. The van der Waals surface area contributed by atoms with Crippen LogP contribution in [0.4, 0.5) is 0 Å². The van der Waals surface area contributed by atoms with Crippen molar-refractivity contribution in [1.82, 2.24) is 4.98 Å². The molecule has 0 fully saturated rings. The molecule has 0 saturated heterocycles. The van der Waals surface area contributed by atoms with Gasteiger partial charge in [0.25, 0.3) is 0 Å².